The summed E-state index contributed by atoms with van der Waals surface area (Å²) in [4.78, 5) is 8.58. The smallest absolute Gasteiger partial charge is 0.147 e. The van der Waals surface area contributed by atoms with Crippen molar-refractivity contribution >= 4 is 27.5 Å². The first-order valence-electron chi connectivity index (χ1n) is 5.66. The SMILES string of the molecule is COc1cc2nc(C#N)cc(N)c2c2cccnc12. The molecule has 0 unspecified atom stereocenters. The third-order valence-corrected chi connectivity index (χ3v) is 2.99. The van der Waals surface area contributed by atoms with Crippen molar-refractivity contribution in [2.75, 3.05) is 12.8 Å². The Morgan fingerprint density at radius 1 is 1.37 bits per heavy atom. The molecule has 0 aliphatic rings. The summed E-state index contributed by atoms with van der Waals surface area (Å²) in [5, 5.41) is 10.6. The summed E-state index contributed by atoms with van der Waals surface area (Å²) >= 11 is 0. The minimum absolute atomic E-state index is 0.287. The minimum Gasteiger partial charge on any atom is -0.494 e. The van der Waals surface area contributed by atoms with Crippen molar-refractivity contribution in [3.63, 3.8) is 0 Å². The molecule has 92 valence electrons. The summed E-state index contributed by atoms with van der Waals surface area (Å²) < 4.78 is 5.32. The van der Waals surface area contributed by atoms with Gasteiger partial charge < -0.3 is 10.5 Å². The van der Waals surface area contributed by atoms with Crippen molar-refractivity contribution in [3.05, 3.63) is 36.2 Å². The summed E-state index contributed by atoms with van der Waals surface area (Å²) in [5.41, 5.74) is 8.20. The number of hydrogen-bond donors (Lipinski definition) is 1. The average Bonchev–Trinajstić information content (AvgIpc) is 2.45. The summed E-state index contributed by atoms with van der Waals surface area (Å²) in [5.74, 6) is 0.616. The van der Waals surface area contributed by atoms with Gasteiger partial charge in [0.05, 0.1) is 12.6 Å². The molecule has 0 radical (unpaired) electrons. The number of nitriles is 1. The van der Waals surface area contributed by atoms with Crippen LogP contribution in [-0.2, 0) is 0 Å². The van der Waals surface area contributed by atoms with Gasteiger partial charge in [0.15, 0.2) is 0 Å². The minimum atomic E-state index is 0.287. The van der Waals surface area contributed by atoms with Crippen LogP contribution in [0.15, 0.2) is 30.5 Å². The monoisotopic (exact) mass is 250 g/mol. The zero-order valence-electron chi connectivity index (χ0n) is 10.2. The Balaban J connectivity index is 2.57. The van der Waals surface area contributed by atoms with Crippen LogP contribution < -0.4 is 10.5 Å². The van der Waals surface area contributed by atoms with Gasteiger partial charge in [0.2, 0.25) is 0 Å². The fourth-order valence-electron chi connectivity index (χ4n) is 2.19. The van der Waals surface area contributed by atoms with Crippen LogP contribution in [0.1, 0.15) is 5.69 Å². The highest BCUT2D eigenvalue weighted by Crippen LogP contribution is 2.34. The van der Waals surface area contributed by atoms with Crippen molar-refractivity contribution in [1.29, 1.82) is 5.26 Å². The van der Waals surface area contributed by atoms with Crippen molar-refractivity contribution in [3.8, 4) is 11.8 Å². The molecule has 0 saturated carbocycles. The van der Waals surface area contributed by atoms with Crippen LogP contribution in [0.4, 0.5) is 5.69 Å². The number of pyridine rings is 2. The van der Waals surface area contributed by atoms with Crippen molar-refractivity contribution in [2.45, 2.75) is 0 Å². The number of anilines is 1. The molecule has 2 N–H and O–H groups in total. The molecule has 5 nitrogen and oxygen atoms in total. The van der Waals surface area contributed by atoms with E-state index in [1.807, 2.05) is 18.2 Å². The maximum atomic E-state index is 8.95. The van der Waals surface area contributed by atoms with Crippen LogP contribution in [0, 0.1) is 11.3 Å². The second-order valence-electron chi connectivity index (χ2n) is 4.08. The van der Waals surface area contributed by atoms with Gasteiger partial charge in [-0.3, -0.25) is 4.98 Å². The van der Waals surface area contributed by atoms with E-state index in [4.69, 9.17) is 15.7 Å². The van der Waals surface area contributed by atoms with E-state index in [1.165, 1.54) is 0 Å². The van der Waals surface area contributed by atoms with E-state index in [-0.39, 0.29) is 5.69 Å². The predicted octanol–water partition coefficient (Wildman–Crippen LogP) is 2.25. The Labute approximate surface area is 109 Å². The fourth-order valence-corrected chi connectivity index (χ4v) is 2.19. The molecule has 0 amide bonds. The van der Waals surface area contributed by atoms with E-state index >= 15 is 0 Å². The molecule has 0 saturated heterocycles. The Morgan fingerprint density at radius 3 is 2.95 bits per heavy atom. The van der Waals surface area contributed by atoms with Crippen molar-refractivity contribution < 1.29 is 4.74 Å². The van der Waals surface area contributed by atoms with E-state index in [0.717, 1.165) is 16.3 Å². The normalized spacial score (nSPS) is 10.5. The van der Waals surface area contributed by atoms with Gasteiger partial charge in [0.25, 0.3) is 0 Å². The number of methoxy groups -OCH3 is 1. The van der Waals surface area contributed by atoms with Gasteiger partial charge in [0, 0.05) is 28.7 Å². The van der Waals surface area contributed by atoms with E-state index in [0.29, 0.717) is 17.0 Å². The van der Waals surface area contributed by atoms with Crippen LogP contribution >= 0.6 is 0 Å². The number of rotatable bonds is 1. The van der Waals surface area contributed by atoms with Crippen LogP contribution in [0.3, 0.4) is 0 Å². The summed E-state index contributed by atoms with van der Waals surface area (Å²) in [6, 6.07) is 9.07. The molecule has 2 heterocycles. The Bertz CT molecular complexity index is 836. The maximum absolute atomic E-state index is 8.95. The summed E-state index contributed by atoms with van der Waals surface area (Å²) in [7, 11) is 1.58. The molecule has 0 aliphatic carbocycles. The van der Waals surface area contributed by atoms with Crippen LogP contribution in [0.25, 0.3) is 21.8 Å². The van der Waals surface area contributed by atoms with Gasteiger partial charge in [-0.2, -0.15) is 5.26 Å². The highest BCUT2D eigenvalue weighted by molar-refractivity contribution is 6.12. The molecular weight excluding hydrogens is 240 g/mol. The molecule has 5 heteroatoms. The maximum Gasteiger partial charge on any atom is 0.147 e. The van der Waals surface area contributed by atoms with E-state index < -0.39 is 0 Å². The predicted molar refractivity (Wildman–Crippen MR) is 72.7 cm³/mol. The second kappa shape index (κ2) is 4.10. The standard InChI is InChI=1S/C14H10N4O/c1-19-12-6-11-13(9-3-2-4-17-14(9)12)10(16)5-8(7-15)18-11/h2-6H,1H3,(H2,16,18). The van der Waals surface area contributed by atoms with Crippen LogP contribution in [-0.4, -0.2) is 17.1 Å². The molecule has 2 aromatic heterocycles. The lowest BCUT2D eigenvalue weighted by atomic mass is 10.1. The lowest BCUT2D eigenvalue weighted by Gasteiger charge is -2.09. The number of nitrogen functional groups attached to an aromatic ring is 1. The Morgan fingerprint density at radius 2 is 2.21 bits per heavy atom. The summed E-state index contributed by atoms with van der Waals surface area (Å²) in [6.07, 6.45) is 1.70. The van der Waals surface area contributed by atoms with Gasteiger partial charge in [-0.25, -0.2) is 4.98 Å². The lowest BCUT2D eigenvalue weighted by Crippen LogP contribution is -1.96. The van der Waals surface area contributed by atoms with Gasteiger partial charge in [-0.1, -0.05) is 6.07 Å². The van der Waals surface area contributed by atoms with Gasteiger partial charge >= 0.3 is 0 Å². The van der Waals surface area contributed by atoms with Crippen molar-refractivity contribution in [1.82, 2.24) is 9.97 Å². The molecule has 0 fully saturated rings. The van der Waals surface area contributed by atoms with Gasteiger partial charge in [0.1, 0.15) is 23.0 Å². The molecule has 0 aliphatic heterocycles. The number of hydrogen-bond acceptors (Lipinski definition) is 5. The quantitative estimate of drug-likeness (QED) is 0.669. The lowest BCUT2D eigenvalue weighted by molar-refractivity contribution is 0.419. The Kier molecular flexibility index (Phi) is 2.43. The van der Waals surface area contributed by atoms with E-state index in [1.54, 1.807) is 25.4 Å². The number of ether oxygens (including phenoxy) is 1. The first-order valence-corrected chi connectivity index (χ1v) is 5.66. The highest BCUT2D eigenvalue weighted by Gasteiger charge is 2.12. The highest BCUT2D eigenvalue weighted by atomic mass is 16.5. The topological polar surface area (TPSA) is 84.8 Å². The molecule has 0 bridgehead atoms. The van der Waals surface area contributed by atoms with Gasteiger partial charge in [-0.15, -0.1) is 0 Å². The third-order valence-electron chi connectivity index (χ3n) is 2.99. The number of aromatic nitrogens is 2. The van der Waals surface area contributed by atoms with Crippen LogP contribution in [0.2, 0.25) is 0 Å². The zero-order valence-corrected chi connectivity index (χ0v) is 10.2. The molecule has 3 aromatic rings. The fraction of sp³-hybridized carbons (Fsp3) is 0.0714. The van der Waals surface area contributed by atoms with Crippen LogP contribution in [0.5, 0.6) is 5.75 Å². The molecule has 19 heavy (non-hydrogen) atoms. The number of nitrogens with two attached hydrogens (primary N) is 1. The average molecular weight is 250 g/mol. The third kappa shape index (κ3) is 1.62. The largest absolute Gasteiger partial charge is 0.494 e. The molecular formula is C14H10N4O. The second-order valence-corrected chi connectivity index (χ2v) is 4.08. The first-order chi connectivity index (χ1) is 9.24. The zero-order chi connectivity index (χ0) is 13.4. The summed E-state index contributed by atoms with van der Waals surface area (Å²) in [6.45, 7) is 0. The number of benzene rings is 1. The number of fused-ring (bicyclic) bond motifs is 3. The van der Waals surface area contributed by atoms with Gasteiger partial charge in [-0.05, 0) is 12.1 Å². The molecule has 0 atom stereocenters. The van der Waals surface area contributed by atoms with Crippen molar-refractivity contribution in [2.24, 2.45) is 0 Å². The van der Waals surface area contributed by atoms with E-state index in [2.05, 4.69) is 9.97 Å². The number of nitrogens with zero attached hydrogens (tertiary/aromatic N) is 3. The Hall–Kier alpha value is -2.87. The van der Waals surface area contributed by atoms with E-state index in [9.17, 15) is 0 Å². The molecule has 0 spiro atoms. The first kappa shape index (κ1) is 11.2. The molecule has 1 aromatic carbocycles. The molecule has 3 rings (SSSR count).